The van der Waals surface area contributed by atoms with Crippen molar-refractivity contribution in [2.45, 2.75) is 96.8 Å². The highest BCUT2D eigenvalue weighted by atomic mass is 16.2. The van der Waals surface area contributed by atoms with Crippen molar-refractivity contribution >= 4 is 11.8 Å². The molecule has 3 fully saturated rings. The van der Waals surface area contributed by atoms with Crippen LogP contribution in [0.4, 0.5) is 0 Å². The highest BCUT2D eigenvalue weighted by molar-refractivity contribution is 5.95. The van der Waals surface area contributed by atoms with Gasteiger partial charge in [-0.2, -0.15) is 5.10 Å². The summed E-state index contributed by atoms with van der Waals surface area (Å²) in [7, 11) is 0. The topological polar surface area (TPSA) is 69.3 Å². The molecule has 3 heterocycles. The lowest BCUT2D eigenvalue weighted by Gasteiger charge is -2.50. The molecular formula is C27H36N4O2. The maximum atomic E-state index is 14.1. The fourth-order valence-electron chi connectivity index (χ4n) is 7.20. The Balaban J connectivity index is 1.61. The number of amides is 2. The monoisotopic (exact) mass is 448 g/mol. The van der Waals surface area contributed by atoms with E-state index in [2.05, 4.69) is 58.1 Å². The summed E-state index contributed by atoms with van der Waals surface area (Å²) in [6, 6.07) is 10.7. The number of hydrogen-bond donors (Lipinski definition) is 1. The van der Waals surface area contributed by atoms with Crippen molar-refractivity contribution in [1.82, 2.24) is 20.0 Å². The number of hydrogen-bond acceptors (Lipinski definition) is 3. The first-order chi connectivity index (χ1) is 15.9. The van der Waals surface area contributed by atoms with E-state index in [1.807, 2.05) is 13.0 Å². The van der Waals surface area contributed by atoms with Gasteiger partial charge in [0.2, 0.25) is 5.91 Å². The van der Waals surface area contributed by atoms with Crippen LogP contribution in [0.15, 0.2) is 30.3 Å². The van der Waals surface area contributed by atoms with Gasteiger partial charge in [0.15, 0.2) is 5.69 Å². The molecule has 1 N–H and O–H groups in total. The Morgan fingerprint density at radius 3 is 2.39 bits per heavy atom. The summed E-state index contributed by atoms with van der Waals surface area (Å²) in [5.74, 6) is 0.169. The van der Waals surface area contributed by atoms with E-state index in [0.717, 1.165) is 56.2 Å². The van der Waals surface area contributed by atoms with Gasteiger partial charge < -0.3 is 9.80 Å². The van der Waals surface area contributed by atoms with E-state index in [1.165, 1.54) is 5.56 Å². The molecule has 33 heavy (non-hydrogen) atoms. The van der Waals surface area contributed by atoms with Crippen molar-refractivity contribution < 1.29 is 9.59 Å². The summed E-state index contributed by atoms with van der Waals surface area (Å²) in [6.07, 6.45) is 6.78. The first-order valence-corrected chi connectivity index (χ1v) is 12.6. The number of aryl methyl sites for hydroxylation is 1. The first kappa shape index (κ1) is 22.2. The Kier molecular flexibility index (Phi) is 5.58. The van der Waals surface area contributed by atoms with Crippen molar-refractivity contribution in [2.75, 3.05) is 0 Å². The molecule has 3 aliphatic rings. The maximum Gasteiger partial charge on any atom is 0.275 e. The van der Waals surface area contributed by atoms with E-state index in [4.69, 9.17) is 0 Å². The van der Waals surface area contributed by atoms with Crippen molar-refractivity contribution in [1.29, 1.82) is 0 Å². The maximum absolute atomic E-state index is 14.1. The van der Waals surface area contributed by atoms with Crippen molar-refractivity contribution in [3.63, 3.8) is 0 Å². The summed E-state index contributed by atoms with van der Waals surface area (Å²) >= 11 is 0. The minimum atomic E-state index is -0.0759. The fraction of sp³-hybridized carbons (Fsp3) is 0.593. The number of piperidine rings is 1. The molecule has 0 unspecified atom stereocenters. The molecule has 1 aromatic heterocycles. The zero-order valence-electron chi connectivity index (χ0n) is 20.3. The molecule has 2 aliphatic heterocycles. The van der Waals surface area contributed by atoms with Gasteiger partial charge in [-0.3, -0.25) is 14.7 Å². The van der Waals surface area contributed by atoms with E-state index in [1.54, 1.807) is 6.92 Å². The smallest absolute Gasteiger partial charge is 0.275 e. The molecule has 6 heteroatoms. The number of H-pyrrole nitrogens is 1. The van der Waals surface area contributed by atoms with Crippen LogP contribution in [0.3, 0.4) is 0 Å². The average Bonchev–Trinajstić information content (AvgIpc) is 3.24. The number of aromatic amines is 1. The van der Waals surface area contributed by atoms with Crippen LogP contribution in [-0.2, 0) is 17.6 Å². The number of nitrogens with one attached hydrogen (secondary N) is 1. The molecule has 176 valence electrons. The van der Waals surface area contributed by atoms with E-state index in [9.17, 15) is 9.59 Å². The third kappa shape index (κ3) is 3.41. The fourth-order valence-corrected chi connectivity index (χ4v) is 7.20. The van der Waals surface area contributed by atoms with Gasteiger partial charge in [-0.05, 0) is 44.6 Å². The van der Waals surface area contributed by atoms with E-state index in [0.29, 0.717) is 5.69 Å². The Labute approximate surface area is 196 Å². The molecule has 1 aliphatic carbocycles. The Morgan fingerprint density at radius 1 is 1.12 bits per heavy atom. The van der Waals surface area contributed by atoms with Crippen molar-refractivity contribution in [3.8, 4) is 0 Å². The average molecular weight is 449 g/mol. The SMILES string of the molecule is CCc1[nH]nc(C(=O)N2[C@H]3CCCC[C@H]4N(C(C)=O)[C@H](Cc5ccccc5)[C@@H]2C[C@@]34C)c1C. The second-order valence-electron chi connectivity index (χ2n) is 10.5. The lowest BCUT2D eigenvalue weighted by molar-refractivity contribution is -0.141. The van der Waals surface area contributed by atoms with Crippen LogP contribution >= 0.6 is 0 Å². The van der Waals surface area contributed by atoms with Crippen LogP contribution in [0.5, 0.6) is 0 Å². The number of aromatic nitrogens is 2. The number of nitrogens with zero attached hydrogens (tertiary/aromatic N) is 3. The number of likely N-dealkylation sites (tertiary alicyclic amines) is 2. The van der Waals surface area contributed by atoms with Gasteiger partial charge in [0.05, 0.1) is 12.1 Å². The molecule has 2 amide bonds. The molecule has 2 saturated heterocycles. The van der Waals surface area contributed by atoms with E-state index < -0.39 is 0 Å². The zero-order valence-corrected chi connectivity index (χ0v) is 20.3. The van der Waals surface area contributed by atoms with Gasteiger partial charge >= 0.3 is 0 Å². The molecule has 5 rings (SSSR count). The van der Waals surface area contributed by atoms with Gasteiger partial charge in [0, 0.05) is 35.7 Å². The summed E-state index contributed by atoms with van der Waals surface area (Å²) < 4.78 is 0. The predicted molar refractivity (Wildman–Crippen MR) is 128 cm³/mol. The third-order valence-electron chi connectivity index (χ3n) is 8.76. The van der Waals surface area contributed by atoms with Gasteiger partial charge in [0.1, 0.15) is 0 Å². The van der Waals surface area contributed by atoms with Crippen LogP contribution < -0.4 is 0 Å². The quantitative estimate of drug-likeness (QED) is 0.759. The molecular weight excluding hydrogens is 412 g/mol. The highest BCUT2D eigenvalue weighted by Gasteiger charge is 2.63. The number of fused-ring (bicyclic) bond motifs is 1. The summed E-state index contributed by atoms with van der Waals surface area (Å²) in [5, 5.41) is 7.54. The van der Waals surface area contributed by atoms with Crippen molar-refractivity contribution in [2.24, 2.45) is 5.41 Å². The standard InChI is InChI=1S/C27H36N4O2/c1-5-20-17(2)25(29-28-20)26(33)31-22-16-27(4)23(13-9-10-14-24(27)31)30(18(3)32)21(22)15-19-11-7-6-8-12-19/h6-8,11-12,21-24H,5,9-10,13-16H2,1-4H3,(H,28,29)/t21-,22+,23-,24+,27-/m1/s1. The molecule has 6 nitrogen and oxygen atoms in total. The molecule has 2 bridgehead atoms. The molecule has 1 saturated carbocycles. The van der Waals surface area contributed by atoms with Crippen LogP contribution in [0.1, 0.15) is 80.2 Å². The number of carbonyl (C=O) groups excluding carboxylic acids is 2. The summed E-state index contributed by atoms with van der Waals surface area (Å²) in [4.78, 5) is 31.6. The number of benzene rings is 1. The van der Waals surface area contributed by atoms with Gasteiger partial charge in [0.25, 0.3) is 5.91 Å². The zero-order chi connectivity index (χ0) is 23.3. The lowest BCUT2D eigenvalue weighted by Crippen LogP contribution is -2.61. The molecule has 1 aromatic carbocycles. The lowest BCUT2D eigenvalue weighted by atomic mass is 9.69. The molecule has 5 atom stereocenters. The van der Waals surface area contributed by atoms with Crippen LogP contribution in [0, 0.1) is 12.3 Å². The largest absolute Gasteiger partial charge is 0.334 e. The van der Waals surface area contributed by atoms with Gasteiger partial charge in [-0.1, -0.05) is 57.0 Å². The minimum Gasteiger partial charge on any atom is -0.334 e. The minimum absolute atomic E-state index is 0.00660. The number of carbonyl (C=O) groups is 2. The first-order valence-electron chi connectivity index (χ1n) is 12.6. The second kappa shape index (κ2) is 8.30. The third-order valence-corrected chi connectivity index (χ3v) is 8.76. The molecule has 0 radical (unpaired) electrons. The second-order valence-corrected chi connectivity index (χ2v) is 10.5. The Morgan fingerprint density at radius 2 is 1.79 bits per heavy atom. The summed E-state index contributed by atoms with van der Waals surface area (Å²) in [5.41, 5.74) is 3.68. The Hall–Kier alpha value is -2.63. The van der Waals surface area contributed by atoms with Gasteiger partial charge in [-0.15, -0.1) is 0 Å². The van der Waals surface area contributed by atoms with Crippen LogP contribution in [-0.4, -0.2) is 56.0 Å². The highest BCUT2D eigenvalue weighted by Crippen LogP contribution is 2.56. The Bertz CT molecular complexity index is 1050. The van der Waals surface area contributed by atoms with E-state index in [-0.39, 0.29) is 41.4 Å². The van der Waals surface area contributed by atoms with Crippen molar-refractivity contribution in [3.05, 3.63) is 52.8 Å². The molecule has 2 aromatic rings. The van der Waals surface area contributed by atoms with E-state index >= 15 is 0 Å². The van der Waals surface area contributed by atoms with Gasteiger partial charge in [-0.25, -0.2) is 0 Å². The normalized spacial score (nSPS) is 30.9. The van der Waals surface area contributed by atoms with Crippen LogP contribution in [0.2, 0.25) is 0 Å². The predicted octanol–water partition coefficient (Wildman–Crippen LogP) is 4.29. The number of rotatable bonds is 4. The molecule has 0 spiro atoms. The summed E-state index contributed by atoms with van der Waals surface area (Å²) in [6.45, 7) is 8.12. The van der Waals surface area contributed by atoms with Crippen LogP contribution in [0.25, 0.3) is 0 Å².